The molecule has 1 aromatic rings. The van der Waals surface area contributed by atoms with Crippen LogP contribution in [0.5, 0.6) is 0 Å². The highest BCUT2D eigenvalue weighted by atomic mass is 35.5. The second-order valence-corrected chi connectivity index (χ2v) is 5.43. The summed E-state index contributed by atoms with van der Waals surface area (Å²) in [6.07, 6.45) is 4.43. The smallest absolute Gasteiger partial charge is 0.271 e. The van der Waals surface area contributed by atoms with Gasteiger partial charge < -0.3 is 10.4 Å². The van der Waals surface area contributed by atoms with E-state index in [4.69, 9.17) is 11.6 Å². The first-order chi connectivity index (χ1) is 9.41. The number of hydrogen-bond donors (Lipinski definition) is 2. The van der Waals surface area contributed by atoms with Crippen molar-refractivity contribution in [3.05, 3.63) is 22.7 Å². The molecule has 0 radical (unpaired) electrons. The van der Waals surface area contributed by atoms with Crippen molar-refractivity contribution in [2.75, 3.05) is 6.54 Å². The van der Waals surface area contributed by atoms with Crippen LogP contribution in [0, 0.1) is 6.92 Å². The summed E-state index contributed by atoms with van der Waals surface area (Å²) in [4.78, 5) is 20.0. The van der Waals surface area contributed by atoms with Crippen molar-refractivity contribution in [2.24, 2.45) is 0 Å². The fraction of sp³-hybridized carbons (Fsp3) is 0.643. The van der Waals surface area contributed by atoms with Crippen molar-refractivity contribution in [1.29, 1.82) is 0 Å². The van der Waals surface area contributed by atoms with Gasteiger partial charge in [0.25, 0.3) is 5.91 Å². The van der Waals surface area contributed by atoms with E-state index in [1.54, 1.807) is 6.92 Å². The van der Waals surface area contributed by atoms with Gasteiger partial charge in [0.05, 0.1) is 16.8 Å². The number of halogens is 1. The van der Waals surface area contributed by atoms with Gasteiger partial charge in [-0.05, 0) is 19.8 Å². The van der Waals surface area contributed by atoms with Crippen LogP contribution in [0.1, 0.15) is 55.8 Å². The van der Waals surface area contributed by atoms with Gasteiger partial charge in [-0.3, -0.25) is 4.79 Å². The molecule has 1 rings (SSSR count). The first kappa shape index (κ1) is 16.9. The lowest BCUT2D eigenvalue weighted by Crippen LogP contribution is -2.43. The molecule has 0 aromatic carbocycles. The standard InChI is InChI=1S/C14H22ClN3O2/c1-4-6-14(20,7-5-2)9-17-13(19)12-11(15)8-16-10(3)18-12/h8,20H,4-7,9H2,1-3H3,(H,17,19). The lowest BCUT2D eigenvalue weighted by molar-refractivity contribution is 0.0212. The predicted octanol–water partition coefficient (Wildman–Crippen LogP) is 2.50. The zero-order valence-corrected chi connectivity index (χ0v) is 13.0. The summed E-state index contributed by atoms with van der Waals surface area (Å²) in [7, 11) is 0. The lowest BCUT2D eigenvalue weighted by Gasteiger charge is -2.27. The molecule has 0 spiro atoms. The molecule has 5 nitrogen and oxygen atoms in total. The van der Waals surface area contributed by atoms with Crippen LogP contribution in [0.4, 0.5) is 0 Å². The summed E-state index contributed by atoms with van der Waals surface area (Å²) in [6, 6.07) is 0. The molecule has 2 N–H and O–H groups in total. The van der Waals surface area contributed by atoms with Crippen molar-refractivity contribution >= 4 is 17.5 Å². The Kier molecular flexibility index (Phi) is 6.36. The van der Waals surface area contributed by atoms with Crippen LogP contribution in [-0.4, -0.2) is 33.1 Å². The SMILES string of the molecule is CCCC(O)(CCC)CNC(=O)c1nc(C)ncc1Cl. The van der Waals surface area contributed by atoms with E-state index in [0.717, 1.165) is 12.8 Å². The first-order valence-electron chi connectivity index (χ1n) is 6.91. The van der Waals surface area contributed by atoms with Crippen molar-refractivity contribution in [3.63, 3.8) is 0 Å². The molecular formula is C14H22ClN3O2. The molecule has 6 heteroatoms. The van der Waals surface area contributed by atoms with Crippen LogP contribution in [-0.2, 0) is 0 Å². The van der Waals surface area contributed by atoms with Crippen LogP contribution in [0.15, 0.2) is 6.20 Å². The predicted molar refractivity (Wildman–Crippen MR) is 78.9 cm³/mol. The Bertz CT molecular complexity index is 460. The average molecular weight is 300 g/mol. The molecule has 1 amide bonds. The van der Waals surface area contributed by atoms with Crippen molar-refractivity contribution in [3.8, 4) is 0 Å². The van der Waals surface area contributed by atoms with Crippen LogP contribution in [0.2, 0.25) is 5.02 Å². The van der Waals surface area contributed by atoms with Gasteiger partial charge in [-0.15, -0.1) is 0 Å². The van der Waals surface area contributed by atoms with E-state index in [-0.39, 0.29) is 23.2 Å². The molecule has 0 bridgehead atoms. The minimum atomic E-state index is -0.867. The van der Waals surface area contributed by atoms with Crippen molar-refractivity contribution < 1.29 is 9.90 Å². The highest BCUT2D eigenvalue weighted by Crippen LogP contribution is 2.19. The van der Waals surface area contributed by atoms with E-state index in [1.165, 1.54) is 6.20 Å². The lowest BCUT2D eigenvalue weighted by atomic mass is 9.92. The monoisotopic (exact) mass is 299 g/mol. The van der Waals surface area contributed by atoms with E-state index in [0.29, 0.717) is 18.7 Å². The van der Waals surface area contributed by atoms with Gasteiger partial charge >= 0.3 is 0 Å². The molecule has 1 aromatic heterocycles. The molecule has 0 fully saturated rings. The summed E-state index contributed by atoms with van der Waals surface area (Å²) >= 11 is 5.92. The van der Waals surface area contributed by atoms with Gasteiger partial charge in [0, 0.05) is 6.54 Å². The number of rotatable bonds is 7. The number of amides is 1. The molecule has 112 valence electrons. The second kappa shape index (κ2) is 7.55. The van der Waals surface area contributed by atoms with Crippen LogP contribution in [0.3, 0.4) is 0 Å². The Morgan fingerprint density at radius 1 is 1.40 bits per heavy atom. The molecule has 0 saturated heterocycles. The first-order valence-corrected chi connectivity index (χ1v) is 7.29. The second-order valence-electron chi connectivity index (χ2n) is 5.02. The summed E-state index contributed by atoms with van der Waals surface area (Å²) in [5, 5.41) is 13.4. The third-order valence-corrected chi connectivity index (χ3v) is 3.36. The minimum Gasteiger partial charge on any atom is -0.388 e. The molecule has 1 heterocycles. The number of aryl methyl sites for hydroxylation is 1. The fourth-order valence-electron chi connectivity index (χ4n) is 2.18. The number of nitrogens with zero attached hydrogens (tertiary/aromatic N) is 2. The molecule has 0 unspecified atom stereocenters. The van der Waals surface area contributed by atoms with Gasteiger partial charge in [0.2, 0.25) is 0 Å². The van der Waals surface area contributed by atoms with Crippen LogP contribution >= 0.6 is 11.6 Å². The zero-order chi connectivity index (χ0) is 15.2. The van der Waals surface area contributed by atoms with E-state index >= 15 is 0 Å². The van der Waals surface area contributed by atoms with Gasteiger partial charge in [-0.1, -0.05) is 38.3 Å². The van der Waals surface area contributed by atoms with E-state index in [1.807, 2.05) is 13.8 Å². The summed E-state index contributed by atoms with van der Waals surface area (Å²) in [6.45, 7) is 5.91. The topological polar surface area (TPSA) is 75.1 Å². The van der Waals surface area contributed by atoms with Gasteiger partial charge in [0.15, 0.2) is 0 Å². The van der Waals surface area contributed by atoms with Gasteiger partial charge in [-0.2, -0.15) is 0 Å². The minimum absolute atomic E-state index is 0.148. The molecule has 20 heavy (non-hydrogen) atoms. The number of carbonyl (C=O) groups is 1. The van der Waals surface area contributed by atoms with Crippen LogP contribution in [0.25, 0.3) is 0 Å². The van der Waals surface area contributed by atoms with Crippen LogP contribution < -0.4 is 5.32 Å². The number of hydrogen-bond acceptors (Lipinski definition) is 4. The Morgan fingerprint density at radius 2 is 2.00 bits per heavy atom. The number of carbonyl (C=O) groups excluding carboxylic acids is 1. The van der Waals surface area contributed by atoms with Crippen molar-refractivity contribution in [1.82, 2.24) is 15.3 Å². The quantitative estimate of drug-likeness (QED) is 0.811. The summed E-state index contributed by atoms with van der Waals surface area (Å²) < 4.78 is 0. The zero-order valence-electron chi connectivity index (χ0n) is 12.2. The molecule has 0 atom stereocenters. The Labute approximate surface area is 124 Å². The van der Waals surface area contributed by atoms with E-state index < -0.39 is 5.60 Å². The maximum Gasteiger partial charge on any atom is 0.271 e. The molecule has 0 aliphatic heterocycles. The van der Waals surface area contributed by atoms with Gasteiger partial charge in [0.1, 0.15) is 11.5 Å². The molecule has 0 aliphatic rings. The van der Waals surface area contributed by atoms with E-state index in [9.17, 15) is 9.90 Å². The molecule has 0 saturated carbocycles. The Balaban J connectivity index is 2.72. The number of nitrogens with one attached hydrogen (secondary N) is 1. The number of aromatic nitrogens is 2. The highest BCUT2D eigenvalue weighted by Gasteiger charge is 2.26. The molecular weight excluding hydrogens is 278 g/mol. The maximum atomic E-state index is 12.1. The largest absolute Gasteiger partial charge is 0.388 e. The maximum absolute atomic E-state index is 12.1. The van der Waals surface area contributed by atoms with Crippen molar-refractivity contribution in [2.45, 2.75) is 52.1 Å². The fourth-order valence-corrected chi connectivity index (χ4v) is 2.35. The van der Waals surface area contributed by atoms with Gasteiger partial charge in [-0.25, -0.2) is 9.97 Å². The normalized spacial score (nSPS) is 11.4. The number of aliphatic hydroxyl groups is 1. The average Bonchev–Trinajstić information content (AvgIpc) is 2.39. The molecule has 0 aliphatic carbocycles. The third kappa shape index (κ3) is 4.72. The highest BCUT2D eigenvalue weighted by molar-refractivity contribution is 6.33. The Morgan fingerprint density at radius 3 is 2.55 bits per heavy atom. The van der Waals surface area contributed by atoms with E-state index in [2.05, 4.69) is 15.3 Å². The summed E-state index contributed by atoms with van der Waals surface area (Å²) in [5.74, 6) is 0.100. The third-order valence-electron chi connectivity index (χ3n) is 3.09. The Hall–Kier alpha value is -1.20. The summed E-state index contributed by atoms with van der Waals surface area (Å²) in [5.41, 5.74) is -0.720.